The maximum Gasteiger partial charge on any atom is 0.147 e. The molecule has 0 rings (SSSR count). The summed E-state index contributed by atoms with van der Waals surface area (Å²) in [5, 5.41) is 0.675. The van der Waals surface area contributed by atoms with E-state index in [4.69, 9.17) is 11.6 Å². The van der Waals surface area contributed by atoms with Gasteiger partial charge >= 0.3 is 0 Å². The Balaban J connectivity index is 3.42. The van der Waals surface area contributed by atoms with Gasteiger partial charge in [-0.2, -0.15) is 0 Å². The van der Waals surface area contributed by atoms with Crippen LogP contribution in [0, 0.1) is 0 Å². The molecule has 0 unspecified atom stereocenters. The van der Waals surface area contributed by atoms with Crippen molar-refractivity contribution in [1.82, 2.24) is 0 Å². The Kier molecular flexibility index (Phi) is 7.23. The summed E-state index contributed by atoms with van der Waals surface area (Å²) in [7, 11) is 0. The second kappa shape index (κ2) is 6.62. The summed E-state index contributed by atoms with van der Waals surface area (Å²) in [5.41, 5.74) is 0. The van der Waals surface area contributed by atoms with Crippen molar-refractivity contribution in [2.75, 3.05) is 11.2 Å². The zero-order valence-electron chi connectivity index (χ0n) is 5.45. The number of hydrogen-bond acceptors (Lipinski definition) is 1. The van der Waals surface area contributed by atoms with E-state index in [9.17, 15) is 4.79 Å². The van der Waals surface area contributed by atoms with Gasteiger partial charge in [-0.3, -0.25) is 4.79 Å². The Morgan fingerprint density at radius 1 is 1.60 bits per heavy atom. The molecule has 0 radical (unpaired) electrons. The molecule has 0 aliphatic rings. The average molecular weight is 292 g/mol. The van der Waals surface area contributed by atoms with Crippen molar-refractivity contribution in [2.24, 2.45) is 0 Å². The number of halogens is 3. The van der Waals surface area contributed by atoms with Crippen LogP contribution < -0.4 is 0 Å². The Labute approximate surface area is 82.8 Å². The number of Topliss-reactive ketones (excluding diaryl/α,β-unsaturated/α-hetero) is 1. The second-order valence-electron chi connectivity index (χ2n) is 1.88. The summed E-state index contributed by atoms with van der Waals surface area (Å²) < 4.78 is 0. The normalized spacial score (nSPS) is 13.1. The van der Waals surface area contributed by atoms with E-state index in [0.29, 0.717) is 17.6 Å². The molecule has 0 aromatic heterocycles. The lowest BCUT2D eigenvalue weighted by molar-refractivity contribution is -0.118. The molecule has 10 heavy (non-hydrogen) atoms. The molecule has 1 atom stereocenters. The fourth-order valence-corrected chi connectivity index (χ4v) is 1.21. The molecule has 4 heteroatoms. The van der Waals surface area contributed by atoms with E-state index >= 15 is 0 Å². The third-order valence-electron chi connectivity index (χ3n) is 1.04. The number of alkyl halides is 3. The van der Waals surface area contributed by atoms with E-state index < -0.39 is 0 Å². The molecule has 0 fully saturated rings. The quantitative estimate of drug-likeness (QED) is 0.712. The highest BCUT2D eigenvalue weighted by molar-refractivity contribution is 9.12. The van der Waals surface area contributed by atoms with Crippen molar-refractivity contribution in [3.8, 4) is 0 Å². The van der Waals surface area contributed by atoms with Gasteiger partial charge in [0.1, 0.15) is 5.78 Å². The smallest absolute Gasteiger partial charge is 0.147 e. The molecule has 0 saturated carbocycles. The highest BCUT2D eigenvalue weighted by atomic mass is 79.9. The molecule has 60 valence electrons. The van der Waals surface area contributed by atoms with Gasteiger partial charge in [0, 0.05) is 17.6 Å². The minimum absolute atomic E-state index is 0.0456. The molecule has 0 heterocycles. The van der Waals surface area contributed by atoms with Crippen molar-refractivity contribution in [3.63, 3.8) is 0 Å². The van der Waals surface area contributed by atoms with Gasteiger partial charge in [-0.15, -0.1) is 11.6 Å². The number of rotatable bonds is 5. The predicted molar refractivity (Wildman–Crippen MR) is 51.5 cm³/mol. The summed E-state index contributed by atoms with van der Waals surface area (Å²) in [6, 6.07) is 0. The first-order valence-electron chi connectivity index (χ1n) is 3.01. The highest BCUT2D eigenvalue weighted by Crippen LogP contribution is 2.08. The first kappa shape index (κ1) is 10.9. The first-order valence-corrected chi connectivity index (χ1v) is 5.58. The van der Waals surface area contributed by atoms with Crippen LogP contribution in [0.25, 0.3) is 0 Å². The van der Waals surface area contributed by atoms with E-state index in [-0.39, 0.29) is 10.6 Å². The van der Waals surface area contributed by atoms with Gasteiger partial charge in [-0.25, -0.2) is 0 Å². The molecule has 0 amide bonds. The summed E-state index contributed by atoms with van der Waals surface area (Å²) in [5.74, 6) is 0.783. The third kappa shape index (κ3) is 4.69. The van der Waals surface area contributed by atoms with Crippen LogP contribution in [-0.4, -0.2) is 21.8 Å². The zero-order valence-corrected chi connectivity index (χ0v) is 9.38. The number of carbonyl (C=O) groups excluding carboxylic acids is 1. The van der Waals surface area contributed by atoms with Crippen LogP contribution in [0.4, 0.5) is 0 Å². The molecule has 0 aromatic rings. The Bertz CT molecular complexity index is 108. The summed E-state index contributed by atoms with van der Waals surface area (Å²) in [4.78, 5) is 11.0. The molecular formula is C6H9Br2ClO. The van der Waals surface area contributed by atoms with Crippen LogP contribution in [0.15, 0.2) is 0 Å². The minimum Gasteiger partial charge on any atom is -0.298 e. The predicted octanol–water partition coefficient (Wildman–Crippen LogP) is 2.73. The van der Waals surface area contributed by atoms with E-state index in [1.807, 2.05) is 0 Å². The molecule has 0 N–H and O–H groups in total. The van der Waals surface area contributed by atoms with Gasteiger partial charge in [0.2, 0.25) is 0 Å². The topological polar surface area (TPSA) is 17.1 Å². The van der Waals surface area contributed by atoms with Crippen LogP contribution in [0.5, 0.6) is 0 Å². The SMILES string of the molecule is O=C(CCCCl)[C@@H](Br)CBr. The maximum atomic E-state index is 11.0. The van der Waals surface area contributed by atoms with Crippen LogP contribution in [0.3, 0.4) is 0 Å². The Morgan fingerprint density at radius 2 is 2.20 bits per heavy atom. The van der Waals surface area contributed by atoms with Crippen molar-refractivity contribution in [2.45, 2.75) is 17.7 Å². The third-order valence-corrected chi connectivity index (χ3v) is 3.66. The minimum atomic E-state index is -0.0456. The highest BCUT2D eigenvalue weighted by Gasteiger charge is 2.11. The van der Waals surface area contributed by atoms with E-state index in [0.717, 1.165) is 6.42 Å². The van der Waals surface area contributed by atoms with Gasteiger partial charge in [0.15, 0.2) is 0 Å². The molecule has 0 saturated heterocycles. The van der Waals surface area contributed by atoms with Gasteiger partial charge in [-0.05, 0) is 6.42 Å². The van der Waals surface area contributed by atoms with Crippen molar-refractivity contribution in [1.29, 1.82) is 0 Å². The zero-order chi connectivity index (χ0) is 7.98. The van der Waals surface area contributed by atoms with E-state index in [2.05, 4.69) is 31.9 Å². The van der Waals surface area contributed by atoms with Crippen molar-refractivity contribution < 1.29 is 4.79 Å². The monoisotopic (exact) mass is 290 g/mol. The van der Waals surface area contributed by atoms with Gasteiger partial charge in [0.05, 0.1) is 4.83 Å². The van der Waals surface area contributed by atoms with Crippen molar-refractivity contribution in [3.05, 3.63) is 0 Å². The Morgan fingerprint density at radius 3 is 2.60 bits per heavy atom. The molecule has 0 aromatic carbocycles. The van der Waals surface area contributed by atoms with Crippen LogP contribution >= 0.6 is 43.5 Å². The van der Waals surface area contributed by atoms with Gasteiger partial charge in [0.25, 0.3) is 0 Å². The van der Waals surface area contributed by atoms with Gasteiger partial charge < -0.3 is 0 Å². The average Bonchev–Trinajstić information content (AvgIpc) is 1.98. The van der Waals surface area contributed by atoms with E-state index in [1.54, 1.807) is 0 Å². The van der Waals surface area contributed by atoms with Crippen LogP contribution in [0.1, 0.15) is 12.8 Å². The largest absolute Gasteiger partial charge is 0.298 e. The van der Waals surface area contributed by atoms with Crippen LogP contribution in [0.2, 0.25) is 0 Å². The van der Waals surface area contributed by atoms with E-state index in [1.165, 1.54) is 0 Å². The van der Waals surface area contributed by atoms with Gasteiger partial charge in [-0.1, -0.05) is 31.9 Å². The summed E-state index contributed by atoms with van der Waals surface area (Å²) in [6.07, 6.45) is 1.35. The standard InChI is InChI=1S/C6H9Br2ClO/c7-4-5(8)6(10)2-1-3-9/h5H,1-4H2/t5-/m0/s1. The molecule has 0 spiro atoms. The molecule has 0 aliphatic carbocycles. The Hall–Kier alpha value is 0.920. The summed E-state index contributed by atoms with van der Waals surface area (Å²) in [6.45, 7) is 0. The maximum absolute atomic E-state index is 11.0. The lowest BCUT2D eigenvalue weighted by Gasteiger charge is -2.01. The molecular weight excluding hydrogens is 283 g/mol. The first-order chi connectivity index (χ1) is 4.72. The lowest BCUT2D eigenvalue weighted by Crippen LogP contribution is -2.14. The fourth-order valence-electron chi connectivity index (χ4n) is 0.484. The fraction of sp³-hybridized carbons (Fsp3) is 0.833. The molecule has 0 aliphatic heterocycles. The molecule has 0 bridgehead atoms. The second-order valence-corrected chi connectivity index (χ2v) is 4.01. The number of ketones is 1. The van der Waals surface area contributed by atoms with Crippen molar-refractivity contribution >= 4 is 49.2 Å². The van der Waals surface area contributed by atoms with Crippen LogP contribution in [-0.2, 0) is 4.79 Å². The number of carbonyl (C=O) groups is 1. The lowest BCUT2D eigenvalue weighted by atomic mass is 10.2. The summed E-state index contributed by atoms with van der Waals surface area (Å²) >= 11 is 11.9. The molecule has 1 nitrogen and oxygen atoms in total. The number of hydrogen-bond donors (Lipinski definition) is 0.